The number of methoxy groups -OCH3 is 1. The van der Waals surface area contributed by atoms with Gasteiger partial charge in [-0.25, -0.2) is 14.0 Å². The predicted octanol–water partition coefficient (Wildman–Crippen LogP) is 6.18. The molecule has 2 aromatic carbocycles. The Hall–Kier alpha value is -3.32. The Morgan fingerprint density at radius 3 is 2.33 bits per heavy atom. The molecule has 0 radical (unpaired) electrons. The zero-order chi connectivity index (χ0) is 33.9. The molecule has 0 N–H and O–H groups in total. The first-order valence-corrected chi connectivity index (χ1v) is 14.7. The molecule has 0 spiro atoms. The Labute approximate surface area is 255 Å². The molecule has 0 unspecified atom stereocenters. The van der Waals surface area contributed by atoms with Crippen LogP contribution in [0.3, 0.4) is 0 Å². The SMILES string of the molecule is [2H]C([2H])([2H])O[C@@H]1CSc2c(-c3ccc(F)cc3)c(C(F)(F)F)cc3c(N4C[C@@H](C)N(C(=O)OC(C)(C)C)[C@@H](C)C4)nc(=O)n(c23)C1. The van der Waals surface area contributed by atoms with Gasteiger partial charge in [0.2, 0.25) is 0 Å². The average molecular weight is 626 g/mol. The second-order valence-corrected chi connectivity index (χ2v) is 12.9. The molecule has 0 aliphatic carbocycles. The van der Waals surface area contributed by atoms with Crippen LogP contribution in [0.4, 0.5) is 28.2 Å². The van der Waals surface area contributed by atoms with Gasteiger partial charge in [-0.3, -0.25) is 9.47 Å². The molecule has 43 heavy (non-hydrogen) atoms. The minimum atomic E-state index is -4.87. The van der Waals surface area contributed by atoms with Crippen molar-refractivity contribution in [3.8, 4) is 11.1 Å². The summed E-state index contributed by atoms with van der Waals surface area (Å²) in [7, 11) is -2.82. The van der Waals surface area contributed by atoms with E-state index in [0.29, 0.717) is 0 Å². The van der Waals surface area contributed by atoms with Gasteiger partial charge in [-0.05, 0) is 58.4 Å². The number of anilines is 1. The molecule has 1 saturated heterocycles. The highest BCUT2D eigenvalue weighted by Gasteiger charge is 2.40. The Balaban J connectivity index is 1.73. The first-order chi connectivity index (χ1) is 21.2. The number of hydrogen-bond acceptors (Lipinski definition) is 7. The van der Waals surface area contributed by atoms with Gasteiger partial charge >= 0.3 is 18.0 Å². The largest absolute Gasteiger partial charge is 0.444 e. The Bertz CT molecular complexity index is 1700. The fraction of sp³-hybridized carbons (Fsp3) is 0.500. The number of benzene rings is 2. The summed E-state index contributed by atoms with van der Waals surface area (Å²) in [5, 5.41) is 0.0277. The number of rotatable bonds is 3. The van der Waals surface area contributed by atoms with Gasteiger partial charge in [0.1, 0.15) is 17.2 Å². The number of ether oxygens (including phenoxy) is 2. The third kappa shape index (κ3) is 6.06. The normalized spacial score (nSPS) is 22.5. The van der Waals surface area contributed by atoms with Crippen LogP contribution in [0.15, 0.2) is 40.0 Å². The van der Waals surface area contributed by atoms with Gasteiger partial charge in [0.15, 0.2) is 0 Å². The number of halogens is 4. The summed E-state index contributed by atoms with van der Waals surface area (Å²) in [6.45, 7) is 8.80. The van der Waals surface area contributed by atoms with Crippen LogP contribution in [0.25, 0.3) is 22.0 Å². The van der Waals surface area contributed by atoms with Crippen LogP contribution in [0, 0.1) is 5.82 Å². The topological polar surface area (TPSA) is 76.9 Å². The van der Waals surface area contributed by atoms with Crippen molar-refractivity contribution in [2.45, 2.75) is 76.0 Å². The van der Waals surface area contributed by atoms with Crippen LogP contribution in [0.1, 0.15) is 44.3 Å². The molecule has 232 valence electrons. The maximum absolute atomic E-state index is 14.9. The van der Waals surface area contributed by atoms with Crippen LogP contribution in [0.5, 0.6) is 0 Å². The second kappa shape index (κ2) is 11.3. The lowest BCUT2D eigenvalue weighted by Gasteiger charge is -2.45. The van der Waals surface area contributed by atoms with Crippen molar-refractivity contribution in [3.05, 3.63) is 52.2 Å². The average Bonchev–Trinajstić information content (AvgIpc) is 3.08. The number of aromatic nitrogens is 2. The van der Waals surface area contributed by atoms with E-state index >= 15 is 0 Å². The molecule has 3 heterocycles. The van der Waals surface area contributed by atoms with Crippen molar-refractivity contribution >= 4 is 34.6 Å². The minimum absolute atomic E-state index is 0.00647. The molecule has 2 aliphatic rings. The van der Waals surface area contributed by atoms with Crippen molar-refractivity contribution < 1.29 is 35.9 Å². The third-order valence-electron chi connectivity index (χ3n) is 7.43. The molecule has 13 heteroatoms. The molecule has 2 aliphatic heterocycles. The first kappa shape index (κ1) is 27.2. The van der Waals surface area contributed by atoms with E-state index in [9.17, 15) is 27.2 Å². The Morgan fingerprint density at radius 1 is 1.09 bits per heavy atom. The molecule has 3 aromatic rings. The predicted molar refractivity (Wildman–Crippen MR) is 157 cm³/mol. The first-order valence-electron chi connectivity index (χ1n) is 15.2. The van der Waals surface area contributed by atoms with Crippen LogP contribution in [-0.4, -0.2) is 70.2 Å². The molecule has 8 nitrogen and oxygen atoms in total. The van der Waals surface area contributed by atoms with Crippen LogP contribution in [0.2, 0.25) is 0 Å². The van der Waals surface area contributed by atoms with E-state index < -0.39 is 60.2 Å². The zero-order valence-corrected chi connectivity index (χ0v) is 25.1. The fourth-order valence-corrected chi connectivity index (χ4v) is 7.00. The van der Waals surface area contributed by atoms with Crippen molar-refractivity contribution in [3.63, 3.8) is 0 Å². The monoisotopic (exact) mass is 625 g/mol. The van der Waals surface area contributed by atoms with Gasteiger partial charge in [-0.15, -0.1) is 11.8 Å². The van der Waals surface area contributed by atoms with Crippen LogP contribution < -0.4 is 10.6 Å². The maximum Gasteiger partial charge on any atom is 0.417 e. The van der Waals surface area contributed by atoms with Gasteiger partial charge in [-0.1, -0.05) is 12.1 Å². The lowest BCUT2D eigenvalue weighted by atomic mass is 9.96. The maximum atomic E-state index is 14.9. The highest BCUT2D eigenvalue weighted by molar-refractivity contribution is 7.99. The number of nitrogens with zero attached hydrogens (tertiary/aromatic N) is 4. The Morgan fingerprint density at radius 2 is 1.74 bits per heavy atom. The molecule has 3 atom stereocenters. The van der Waals surface area contributed by atoms with E-state index in [-0.39, 0.29) is 58.1 Å². The highest BCUT2D eigenvalue weighted by Crippen LogP contribution is 2.48. The fourth-order valence-electron chi connectivity index (χ4n) is 5.74. The summed E-state index contributed by atoms with van der Waals surface area (Å²) in [5.41, 5.74) is -2.62. The molecule has 1 amide bonds. The lowest BCUT2D eigenvalue weighted by Crippen LogP contribution is -2.59. The number of carbonyl (C=O) groups is 1. The molecule has 1 aromatic heterocycles. The van der Waals surface area contributed by atoms with Crippen LogP contribution >= 0.6 is 11.8 Å². The highest BCUT2D eigenvalue weighted by atomic mass is 32.2. The van der Waals surface area contributed by atoms with Gasteiger partial charge in [0.05, 0.1) is 39.9 Å². The van der Waals surface area contributed by atoms with Gasteiger partial charge < -0.3 is 14.4 Å². The number of thioether (sulfide) groups is 1. The number of amides is 1. The van der Waals surface area contributed by atoms with E-state index in [4.69, 9.17) is 13.6 Å². The van der Waals surface area contributed by atoms with E-state index in [1.165, 1.54) is 12.1 Å². The summed E-state index contributed by atoms with van der Waals surface area (Å²) in [6, 6.07) is 4.58. The summed E-state index contributed by atoms with van der Waals surface area (Å²) >= 11 is 0.937. The molecule has 1 fully saturated rings. The van der Waals surface area contributed by atoms with Crippen LogP contribution in [-0.2, 0) is 22.2 Å². The van der Waals surface area contributed by atoms with Gasteiger partial charge in [0.25, 0.3) is 0 Å². The van der Waals surface area contributed by atoms with Crippen molar-refractivity contribution in [2.24, 2.45) is 0 Å². The zero-order valence-electron chi connectivity index (χ0n) is 27.3. The molecular weight excluding hydrogens is 588 g/mol. The standard InChI is InChI=1S/C30H34F4N4O4S/c1-16-12-36(13-17(2)38(16)28(40)42-29(3,4)5)26-21-11-22(30(32,33)34)23(18-7-9-19(31)10-8-18)25-24(21)37(27(39)35-26)14-20(41-6)15-43-25/h7-11,16-17,20H,12-15H2,1-6H3/t16-,17+,20-/m0/s1/i6D3. The molecule has 0 bridgehead atoms. The molecule has 5 rings (SSSR count). The van der Waals surface area contributed by atoms with E-state index in [1.807, 2.05) is 0 Å². The van der Waals surface area contributed by atoms with E-state index in [2.05, 4.69) is 4.98 Å². The number of hydrogen-bond donors (Lipinski definition) is 0. The van der Waals surface area contributed by atoms with Crippen molar-refractivity contribution in [2.75, 3.05) is 30.8 Å². The lowest BCUT2D eigenvalue weighted by molar-refractivity contribution is -0.137. The Kier molecular flexibility index (Phi) is 7.17. The van der Waals surface area contributed by atoms with Gasteiger partial charge in [0, 0.05) is 41.7 Å². The van der Waals surface area contributed by atoms with Gasteiger partial charge in [-0.2, -0.15) is 18.2 Å². The second-order valence-electron chi connectivity index (χ2n) is 11.9. The van der Waals surface area contributed by atoms with E-state index in [0.717, 1.165) is 34.5 Å². The number of carbonyl (C=O) groups excluding carboxylic acids is 1. The smallest absolute Gasteiger partial charge is 0.417 e. The summed E-state index contributed by atoms with van der Waals surface area (Å²) in [4.78, 5) is 34.3. The molecule has 0 saturated carbocycles. The quantitative estimate of drug-likeness (QED) is 0.322. The summed E-state index contributed by atoms with van der Waals surface area (Å²) < 4.78 is 93.2. The van der Waals surface area contributed by atoms with Crippen molar-refractivity contribution in [1.29, 1.82) is 0 Å². The number of piperazine rings is 1. The number of alkyl halides is 3. The summed E-state index contributed by atoms with van der Waals surface area (Å²) in [6.07, 6.45) is -6.47. The summed E-state index contributed by atoms with van der Waals surface area (Å²) in [5.74, 6) is -0.714. The molecular formula is C30H34F4N4O4S. The third-order valence-corrected chi connectivity index (χ3v) is 8.65. The van der Waals surface area contributed by atoms with E-state index in [1.54, 1.807) is 44.4 Å². The van der Waals surface area contributed by atoms with Crippen molar-refractivity contribution in [1.82, 2.24) is 14.5 Å². The minimum Gasteiger partial charge on any atom is -0.444 e.